The summed E-state index contributed by atoms with van der Waals surface area (Å²) < 4.78 is 9.87. The average Bonchev–Trinajstić information content (AvgIpc) is 2.39. The number of carbonyl (C=O) groups excluding carboxylic acids is 1. The minimum absolute atomic E-state index is 0.389. The van der Waals surface area contributed by atoms with Gasteiger partial charge in [0.25, 0.3) is 0 Å². The molecule has 0 amide bonds. The normalized spacial score (nSPS) is 11.8. The van der Waals surface area contributed by atoms with Crippen LogP contribution in [0.3, 0.4) is 0 Å². The van der Waals surface area contributed by atoms with Gasteiger partial charge in [0.2, 0.25) is 5.88 Å². The maximum absolute atomic E-state index is 11.3. The van der Waals surface area contributed by atoms with Crippen molar-refractivity contribution in [3.05, 3.63) is 11.9 Å². The van der Waals surface area contributed by atoms with E-state index in [2.05, 4.69) is 20.0 Å². The van der Waals surface area contributed by atoms with Crippen LogP contribution in [0.5, 0.6) is 5.88 Å². The van der Waals surface area contributed by atoms with Gasteiger partial charge in [-0.1, -0.05) is 0 Å². The van der Waals surface area contributed by atoms with Crippen LogP contribution in [0, 0.1) is 6.92 Å². The highest BCUT2D eigenvalue weighted by Crippen LogP contribution is 2.20. The smallest absolute Gasteiger partial charge is 0.330 e. The summed E-state index contributed by atoms with van der Waals surface area (Å²) in [4.78, 5) is 19.3. The first-order chi connectivity index (χ1) is 8.63. The third-order valence-corrected chi connectivity index (χ3v) is 2.30. The molecule has 0 radical (unpaired) electrons. The summed E-state index contributed by atoms with van der Waals surface area (Å²) in [5, 5.41) is 11.9. The van der Waals surface area contributed by atoms with Gasteiger partial charge in [0.05, 0.1) is 25.9 Å². The molecule has 2 N–H and O–H groups in total. The van der Waals surface area contributed by atoms with E-state index in [4.69, 9.17) is 9.84 Å². The molecule has 1 heterocycles. The van der Waals surface area contributed by atoms with Crippen molar-refractivity contribution >= 4 is 11.8 Å². The van der Waals surface area contributed by atoms with E-state index >= 15 is 0 Å². The number of hydrogen-bond acceptors (Lipinski definition) is 7. The summed E-state index contributed by atoms with van der Waals surface area (Å²) in [5.74, 6) is 0.308. The number of ether oxygens (including phenoxy) is 2. The highest BCUT2D eigenvalue weighted by Gasteiger charge is 2.20. The summed E-state index contributed by atoms with van der Waals surface area (Å²) >= 11 is 0. The van der Waals surface area contributed by atoms with E-state index in [0.717, 1.165) is 0 Å². The molecule has 1 aromatic heterocycles. The highest BCUT2D eigenvalue weighted by molar-refractivity contribution is 5.79. The van der Waals surface area contributed by atoms with Crippen molar-refractivity contribution < 1.29 is 19.4 Å². The van der Waals surface area contributed by atoms with E-state index in [1.54, 1.807) is 6.92 Å². The minimum Gasteiger partial charge on any atom is -0.478 e. The topological polar surface area (TPSA) is 93.6 Å². The Balaban J connectivity index is 2.89. The summed E-state index contributed by atoms with van der Waals surface area (Å²) in [5.41, 5.74) is 0.668. The third kappa shape index (κ3) is 3.30. The van der Waals surface area contributed by atoms with E-state index in [-0.39, 0.29) is 6.61 Å². The van der Waals surface area contributed by atoms with Gasteiger partial charge in [-0.2, -0.15) is 0 Å². The predicted octanol–water partition coefficient (Wildman–Crippen LogP) is 0.130. The van der Waals surface area contributed by atoms with Gasteiger partial charge in [-0.05, 0) is 13.8 Å². The lowest BCUT2D eigenvalue weighted by atomic mass is 10.2. The van der Waals surface area contributed by atoms with Gasteiger partial charge in [-0.15, -0.1) is 0 Å². The van der Waals surface area contributed by atoms with Crippen molar-refractivity contribution in [3.8, 4) is 5.88 Å². The molecule has 1 unspecified atom stereocenters. The Morgan fingerprint density at radius 2 is 2.28 bits per heavy atom. The molecular weight excluding hydrogens is 238 g/mol. The Morgan fingerprint density at radius 3 is 2.83 bits per heavy atom. The van der Waals surface area contributed by atoms with Crippen molar-refractivity contribution in [1.82, 2.24) is 9.97 Å². The second-order valence-corrected chi connectivity index (χ2v) is 3.49. The predicted molar refractivity (Wildman–Crippen MR) is 64.5 cm³/mol. The van der Waals surface area contributed by atoms with Gasteiger partial charge < -0.3 is 19.9 Å². The molecule has 0 saturated heterocycles. The number of methoxy groups -OCH3 is 1. The first kappa shape index (κ1) is 14.2. The van der Waals surface area contributed by atoms with Crippen molar-refractivity contribution in [1.29, 1.82) is 0 Å². The van der Waals surface area contributed by atoms with Crippen LogP contribution < -0.4 is 10.1 Å². The molecule has 7 nitrogen and oxygen atoms in total. The first-order valence-corrected chi connectivity index (χ1v) is 5.53. The monoisotopic (exact) mass is 255 g/mol. The lowest BCUT2D eigenvalue weighted by molar-refractivity contribution is -0.142. The number of aromatic nitrogens is 2. The van der Waals surface area contributed by atoms with Crippen molar-refractivity contribution in [2.24, 2.45) is 0 Å². The van der Waals surface area contributed by atoms with E-state index in [1.165, 1.54) is 13.4 Å². The minimum atomic E-state index is -0.863. The summed E-state index contributed by atoms with van der Waals surface area (Å²) in [6.07, 6.45) is 1.33. The average molecular weight is 255 g/mol. The molecule has 100 valence electrons. The van der Waals surface area contributed by atoms with Crippen LogP contribution in [-0.2, 0) is 9.53 Å². The van der Waals surface area contributed by atoms with Crippen molar-refractivity contribution in [2.75, 3.05) is 25.6 Å². The highest BCUT2D eigenvalue weighted by atomic mass is 16.5. The molecule has 0 fully saturated rings. The molecule has 0 aliphatic rings. The van der Waals surface area contributed by atoms with Crippen LogP contribution in [0.4, 0.5) is 5.82 Å². The lowest BCUT2D eigenvalue weighted by Gasteiger charge is -2.16. The largest absolute Gasteiger partial charge is 0.478 e. The third-order valence-electron chi connectivity index (χ3n) is 2.30. The zero-order chi connectivity index (χ0) is 13.5. The fraction of sp³-hybridized carbons (Fsp3) is 0.545. The van der Waals surface area contributed by atoms with E-state index in [1.807, 2.05) is 6.92 Å². The number of esters is 1. The van der Waals surface area contributed by atoms with E-state index in [9.17, 15) is 4.79 Å². The first-order valence-electron chi connectivity index (χ1n) is 5.53. The number of aliphatic hydroxyl groups is 1. The number of anilines is 1. The van der Waals surface area contributed by atoms with Crippen LogP contribution in [0.15, 0.2) is 6.33 Å². The molecule has 1 atom stereocenters. The second-order valence-electron chi connectivity index (χ2n) is 3.49. The van der Waals surface area contributed by atoms with Gasteiger partial charge in [0, 0.05) is 0 Å². The van der Waals surface area contributed by atoms with Crippen LogP contribution in [0.2, 0.25) is 0 Å². The molecule has 0 spiro atoms. The Kier molecular flexibility index (Phi) is 5.31. The maximum Gasteiger partial charge on any atom is 0.330 e. The second kappa shape index (κ2) is 6.75. The number of carbonyl (C=O) groups is 1. The van der Waals surface area contributed by atoms with E-state index in [0.29, 0.717) is 23.9 Å². The number of rotatable bonds is 6. The Labute approximate surface area is 105 Å². The maximum atomic E-state index is 11.3. The van der Waals surface area contributed by atoms with Gasteiger partial charge in [0.1, 0.15) is 18.2 Å². The molecule has 0 aliphatic carbocycles. The van der Waals surface area contributed by atoms with E-state index < -0.39 is 12.0 Å². The van der Waals surface area contributed by atoms with Crippen molar-refractivity contribution in [2.45, 2.75) is 19.9 Å². The van der Waals surface area contributed by atoms with Gasteiger partial charge in [0.15, 0.2) is 0 Å². The fourth-order valence-corrected chi connectivity index (χ4v) is 1.35. The molecule has 7 heteroatoms. The molecule has 1 aromatic rings. The molecule has 18 heavy (non-hydrogen) atoms. The van der Waals surface area contributed by atoms with Gasteiger partial charge in [-0.25, -0.2) is 14.8 Å². The molecule has 0 aliphatic heterocycles. The summed E-state index contributed by atoms with van der Waals surface area (Å²) in [6, 6.07) is -0.863. The zero-order valence-electron chi connectivity index (χ0n) is 10.6. The van der Waals surface area contributed by atoms with Crippen LogP contribution in [0.25, 0.3) is 0 Å². The number of nitrogens with zero attached hydrogens (tertiary/aromatic N) is 2. The summed E-state index contributed by atoms with van der Waals surface area (Å²) in [6.45, 7) is 3.70. The molecule has 0 saturated carbocycles. The van der Waals surface area contributed by atoms with Crippen LogP contribution in [0.1, 0.15) is 12.5 Å². The van der Waals surface area contributed by atoms with Crippen LogP contribution in [-0.4, -0.2) is 47.4 Å². The fourth-order valence-electron chi connectivity index (χ4n) is 1.35. The number of aliphatic hydroxyl groups excluding tert-OH is 1. The Hall–Kier alpha value is -1.89. The zero-order valence-corrected chi connectivity index (χ0v) is 10.6. The van der Waals surface area contributed by atoms with Crippen molar-refractivity contribution in [3.63, 3.8) is 0 Å². The van der Waals surface area contributed by atoms with Gasteiger partial charge in [-0.3, -0.25) is 0 Å². The molecule has 0 aromatic carbocycles. The molecular formula is C11H17N3O4. The molecule has 1 rings (SSSR count). The number of hydrogen-bond donors (Lipinski definition) is 2. The van der Waals surface area contributed by atoms with Gasteiger partial charge >= 0.3 is 5.97 Å². The molecule has 0 bridgehead atoms. The summed E-state index contributed by atoms with van der Waals surface area (Å²) in [7, 11) is 1.26. The van der Waals surface area contributed by atoms with Crippen LogP contribution >= 0.6 is 0 Å². The quantitative estimate of drug-likeness (QED) is 0.698. The lowest BCUT2D eigenvalue weighted by Crippen LogP contribution is -2.34. The SMILES string of the molecule is CCOc1ncnc(NC(CO)C(=O)OC)c1C. The number of nitrogens with one attached hydrogen (secondary N) is 1. The Bertz CT molecular complexity index is 411. The standard InChI is InChI=1S/C11H17N3O4/c1-4-18-10-7(2)9(12-6-13-10)14-8(5-15)11(16)17-3/h6,8,15H,4-5H2,1-3H3,(H,12,13,14). The Morgan fingerprint density at radius 1 is 1.56 bits per heavy atom.